The molecule has 2 aromatic rings. The number of nitrogens with zero attached hydrogens (tertiary/aromatic N) is 1. The maximum Gasteiger partial charge on any atom is 0.449 e. The molecule has 0 radical (unpaired) electrons. The molecular weight excluding hydrogens is 348 g/mol. The fourth-order valence-corrected chi connectivity index (χ4v) is 2.02. The second-order valence-corrected chi connectivity index (χ2v) is 4.85. The molecule has 0 fully saturated rings. The van der Waals surface area contributed by atoms with E-state index in [2.05, 4.69) is 33.1 Å². The van der Waals surface area contributed by atoms with Crippen LogP contribution in [-0.2, 0) is 6.18 Å². The zero-order valence-corrected chi connectivity index (χ0v) is 11.5. The second kappa shape index (κ2) is 5.01. The van der Waals surface area contributed by atoms with Gasteiger partial charge in [-0.2, -0.15) is 13.2 Å². The van der Waals surface area contributed by atoms with Gasteiger partial charge in [-0.05, 0) is 34.1 Å². The molecule has 0 aliphatic carbocycles. The van der Waals surface area contributed by atoms with Gasteiger partial charge in [0.25, 0.3) is 0 Å². The van der Waals surface area contributed by atoms with E-state index < -0.39 is 17.8 Å². The van der Waals surface area contributed by atoms with Gasteiger partial charge in [0.2, 0.25) is 5.82 Å². The van der Waals surface area contributed by atoms with Gasteiger partial charge >= 0.3 is 6.18 Å². The smallest absolute Gasteiger partial charge is 0.335 e. The van der Waals surface area contributed by atoms with Crippen LogP contribution in [0.3, 0.4) is 0 Å². The summed E-state index contributed by atoms with van der Waals surface area (Å²) in [5.74, 6) is -1.93. The van der Waals surface area contributed by atoms with Gasteiger partial charge in [0.05, 0.1) is 10.2 Å². The van der Waals surface area contributed by atoms with Crippen LogP contribution in [0.4, 0.5) is 17.6 Å². The Bertz CT molecular complexity index is 681. The van der Waals surface area contributed by atoms with Crippen LogP contribution in [0, 0.1) is 10.5 Å². The molecule has 0 unspecified atom stereocenters. The molecular formula is C11H5BrF4N2S. The Morgan fingerprint density at radius 3 is 2.58 bits per heavy atom. The minimum Gasteiger partial charge on any atom is -0.335 e. The molecule has 0 aliphatic rings. The minimum atomic E-state index is -4.67. The lowest BCUT2D eigenvalue weighted by Gasteiger charge is -2.09. The molecule has 0 spiro atoms. The third kappa shape index (κ3) is 3.01. The number of benzene rings is 1. The van der Waals surface area contributed by atoms with E-state index in [9.17, 15) is 17.6 Å². The molecule has 1 heterocycles. The largest absolute Gasteiger partial charge is 0.449 e. The van der Waals surface area contributed by atoms with Crippen molar-refractivity contribution in [3.05, 3.63) is 45.0 Å². The van der Waals surface area contributed by atoms with Crippen molar-refractivity contribution >= 4 is 28.1 Å². The predicted octanol–water partition coefficient (Wildman–Crippen LogP) is 4.73. The van der Waals surface area contributed by atoms with Crippen molar-refractivity contribution in [1.82, 2.24) is 9.97 Å². The molecule has 0 aliphatic heterocycles. The Morgan fingerprint density at radius 1 is 1.26 bits per heavy atom. The first-order valence-electron chi connectivity index (χ1n) is 4.92. The summed E-state index contributed by atoms with van der Waals surface area (Å²) in [4.78, 5) is 5.23. The SMILES string of the molecule is Fc1c(Br)cccc1-c1cc(=S)nc(C(F)(F)F)[nH]1. The number of rotatable bonds is 1. The molecule has 0 saturated carbocycles. The quantitative estimate of drug-likeness (QED) is 0.593. The lowest BCUT2D eigenvalue weighted by Crippen LogP contribution is -2.11. The third-order valence-corrected chi connectivity index (χ3v) is 3.07. The van der Waals surface area contributed by atoms with Crippen molar-refractivity contribution in [1.29, 1.82) is 0 Å². The highest BCUT2D eigenvalue weighted by molar-refractivity contribution is 9.10. The number of aromatic amines is 1. The van der Waals surface area contributed by atoms with Crippen LogP contribution in [0.5, 0.6) is 0 Å². The molecule has 1 aromatic heterocycles. The molecule has 2 rings (SSSR count). The van der Waals surface area contributed by atoms with Crippen molar-refractivity contribution in [3.63, 3.8) is 0 Å². The molecule has 0 saturated heterocycles. The molecule has 2 nitrogen and oxygen atoms in total. The average Bonchev–Trinajstić information content (AvgIpc) is 2.31. The van der Waals surface area contributed by atoms with E-state index in [-0.39, 0.29) is 20.4 Å². The Morgan fingerprint density at radius 2 is 1.95 bits per heavy atom. The van der Waals surface area contributed by atoms with Gasteiger partial charge in [-0.1, -0.05) is 18.3 Å². The molecule has 0 atom stereocenters. The lowest BCUT2D eigenvalue weighted by atomic mass is 10.1. The average molecular weight is 353 g/mol. The van der Waals surface area contributed by atoms with E-state index in [4.69, 9.17) is 0 Å². The van der Waals surface area contributed by atoms with Crippen molar-refractivity contribution in [3.8, 4) is 11.3 Å². The van der Waals surface area contributed by atoms with Crippen LogP contribution in [0.25, 0.3) is 11.3 Å². The molecule has 1 aromatic carbocycles. The van der Waals surface area contributed by atoms with E-state index >= 15 is 0 Å². The highest BCUT2D eigenvalue weighted by Crippen LogP contribution is 2.30. The highest BCUT2D eigenvalue weighted by atomic mass is 79.9. The number of aromatic nitrogens is 2. The van der Waals surface area contributed by atoms with Crippen LogP contribution >= 0.6 is 28.1 Å². The minimum absolute atomic E-state index is 0.0200. The number of nitrogens with one attached hydrogen (secondary N) is 1. The van der Waals surface area contributed by atoms with Crippen molar-refractivity contribution < 1.29 is 17.6 Å². The van der Waals surface area contributed by atoms with Gasteiger partial charge in [-0.3, -0.25) is 0 Å². The monoisotopic (exact) mass is 352 g/mol. The highest BCUT2D eigenvalue weighted by Gasteiger charge is 2.34. The molecule has 100 valence electrons. The number of alkyl halides is 3. The van der Waals surface area contributed by atoms with Gasteiger partial charge in [0.1, 0.15) is 10.5 Å². The Kier molecular flexibility index (Phi) is 3.73. The Labute approximate surface area is 118 Å². The molecule has 1 N–H and O–H groups in total. The molecule has 8 heteroatoms. The van der Waals surface area contributed by atoms with E-state index in [1.807, 2.05) is 4.98 Å². The van der Waals surface area contributed by atoms with Gasteiger partial charge in [0, 0.05) is 5.56 Å². The number of hydrogen-bond acceptors (Lipinski definition) is 2. The van der Waals surface area contributed by atoms with Crippen LogP contribution in [0.1, 0.15) is 5.82 Å². The van der Waals surface area contributed by atoms with Crippen LogP contribution in [0.2, 0.25) is 0 Å². The standard InChI is InChI=1S/C11H5BrF4N2S/c12-6-3-1-2-5(9(6)13)7-4-8(19)18-10(17-7)11(14,15)16/h1-4H,(H,17,18,19). The third-order valence-electron chi connectivity index (χ3n) is 2.25. The topological polar surface area (TPSA) is 28.7 Å². The van der Waals surface area contributed by atoms with Crippen LogP contribution in [-0.4, -0.2) is 9.97 Å². The normalized spacial score (nSPS) is 11.6. The summed E-state index contributed by atoms with van der Waals surface area (Å²) >= 11 is 7.63. The number of halogens is 5. The van der Waals surface area contributed by atoms with Crippen molar-refractivity contribution in [2.24, 2.45) is 0 Å². The van der Waals surface area contributed by atoms with E-state index in [0.717, 1.165) is 0 Å². The second-order valence-electron chi connectivity index (χ2n) is 3.58. The van der Waals surface area contributed by atoms with Crippen LogP contribution in [0.15, 0.2) is 28.7 Å². The van der Waals surface area contributed by atoms with Crippen molar-refractivity contribution in [2.75, 3.05) is 0 Å². The van der Waals surface area contributed by atoms with Gasteiger partial charge in [-0.15, -0.1) is 0 Å². The maximum absolute atomic E-state index is 13.8. The lowest BCUT2D eigenvalue weighted by molar-refractivity contribution is -0.145. The fraction of sp³-hybridized carbons (Fsp3) is 0.0909. The van der Waals surface area contributed by atoms with Gasteiger partial charge < -0.3 is 4.98 Å². The van der Waals surface area contributed by atoms with E-state index in [0.29, 0.717) is 0 Å². The molecule has 0 bridgehead atoms. The molecule has 0 amide bonds. The summed E-state index contributed by atoms with van der Waals surface area (Å²) < 4.78 is 51.5. The predicted molar refractivity (Wildman–Crippen MR) is 67.5 cm³/mol. The zero-order chi connectivity index (χ0) is 14.2. The van der Waals surface area contributed by atoms with E-state index in [1.54, 1.807) is 0 Å². The molecule has 19 heavy (non-hydrogen) atoms. The zero-order valence-electron chi connectivity index (χ0n) is 9.05. The van der Waals surface area contributed by atoms with Crippen molar-refractivity contribution in [2.45, 2.75) is 6.18 Å². The summed E-state index contributed by atoms with van der Waals surface area (Å²) in [6, 6.07) is 5.47. The summed E-state index contributed by atoms with van der Waals surface area (Å²) in [5.41, 5.74) is -0.0977. The number of H-pyrrole nitrogens is 1. The van der Waals surface area contributed by atoms with E-state index in [1.165, 1.54) is 24.3 Å². The number of hydrogen-bond donors (Lipinski definition) is 1. The summed E-state index contributed by atoms with van der Waals surface area (Å²) in [5, 5.41) is 0. The first-order valence-corrected chi connectivity index (χ1v) is 6.12. The van der Waals surface area contributed by atoms with Crippen LogP contribution < -0.4 is 0 Å². The summed E-state index contributed by atoms with van der Waals surface area (Å²) in [6.07, 6.45) is -4.67. The fourth-order valence-electron chi connectivity index (χ4n) is 1.45. The Hall–Kier alpha value is -1.28. The summed E-state index contributed by atoms with van der Waals surface area (Å²) in [7, 11) is 0. The van der Waals surface area contributed by atoms with Gasteiger partial charge in [0.15, 0.2) is 0 Å². The summed E-state index contributed by atoms with van der Waals surface area (Å²) in [6.45, 7) is 0. The first-order chi connectivity index (χ1) is 8.79. The first kappa shape index (κ1) is 14.1. The maximum atomic E-state index is 13.8. The van der Waals surface area contributed by atoms with Gasteiger partial charge in [-0.25, -0.2) is 9.37 Å². The Balaban J connectivity index is 2.67.